The van der Waals surface area contributed by atoms with E-state index in [2.05, 4.69) is 4.98 Å². The molecule has 2 aromatic carbocycles. The number of pyridine rings is 1. The van der Waals surface area contributed by atoms with Gasteiger partial charge in [-0.25, -0.2) is 4.79 Å². The van der Waals surface area contributed by atoms with E-state index in [4.69, 9.17) is 16.7 Å². The Bertz CT molecular complexity index is 830. The molecule has 0 unspecified atom stereocenters. The predicted molar refractivity (Wildman–Crippen MR) is 84.3 cm³/mol. The Morgan fingerprint density at radius 1 is 1.14 bits per heavy atom. The summed E-state index contributed by atoms with van der Waals surface area (Å²) in [6.45, 7) is 0. The molecule has 0 atom stereocenters. The maximum absolute atomic E-state index is 11.1. The van der Waals surface area contributed by atoms with Gasteiger partial charge in [0.05, 0.1) is 16.1 Å². The number of carboxylic acids is 1. The van der Waals surface area contributed by atoms with Crippen LogP contribution in [-0.4, -0.2) is 16.1 Å². The first-order chi connectivity index (χ1) is 10.1. The van der Waals surface area contributed by atoms with E-state index in [1.165, 1.54) is 11.8 Å². The number of carboxylic acid groups (broad SMARTS) is 1. The number of nitrogens with zero attached hydrogens (tertiary/aromatic N) is 1. The number of benzene rings is 2. The molecule has 1 heterocycles. The maximum atomic E-state index is 11.1. The third-order valence-corrected chi connectivity index (χ3v) is 4.40. The van der Waals surface area contributed by atoms with Gasteiger partial charge >= 0.3 is 5.97 Å². The van der Waals surface area contributed by atoms with Crippen LogP contribution < -0.4 is 0 Å². The molecule has 1 aromatic heterocycles. The van der Waals surface area contributed by atoms with Crippen molar-refractivity contribution < 1.29 is 9.90 Å². The lowest BCUT2D eigenvalue weighted by Gasteiger charge is -2.07. The van der Waals surface area contributed by atoms with Crippen molar-refractivity contribution in [2.45, 2.75) is 9.79 Å². The van der Waals surface area contributed by atoms with Crippen LogP contribution in [0.25, 0.3) is 10.9 Å². The molecule has 3 rings (SSSR count). The molecule has 0 aliphatic carbocycles. The van der Waals surface area contributed by atoms with Gasteiger partial charge in [0.1, 0.15) is 0 Å². The first kappa shape index (κ1) is 13.9. The highest BCUT2D eigenvalue weighted by atomic mass is 35.5. The van der Waals surface area contributed by atoms with Crippen molar-refractivity contribution in [2.24, 2.45) is 0 Å². The number of aromatic carboxylic acids is 1. The summed E-state index contributed by atoms with van der Waals surface area (Å²) < 4.78 is 0. The van der Waals surface area contributed by atoms with Gasteiger partial charge in [-0.15, -0.1) is 0 Å². The number of fused-ring (bicyclic) bond motifs is 1. The third kappa shape index (κ3) is 2.86. The van der Waals surface area contributed by atoms with Crippen LogP contribution in [0, 0.1) is 0 Å². The van der Waals surface area contributed by atoms with Crippen molar-refractivity contribution in [3.63, 3.8) is 0 Å². The summed E-state index contributed by atoms with van der Waals surface area (Å²) >= 11 is 7.38. The van der Waals surface area contributed by atoms with Crippen molar-refractivity contribution in [2.75, 3.05) is 0 Å². The molecule has 0 fully saturated rings. The van der Waals surface area contributed by atoms with Crippen LogP contribution >= 0.6 is 23.4 Å². The normalized spacial score (nSPS) is 10.7. The monoisotopic (exact) mass is 315 g/mol. The first-order valence-electron chi connectivity index (χ1n) is 6.19. The van der Waals surface area contributed by atoms with Crippen molar-refractivity contribution in [3.05, 3.63) is 65.3 Å². The summed E-state index contributed by atoms with van der Waals surface area (Å²) in [6.07, 6.45) is 1.75. The minimum absolute atomic E-state index is 0.111. The van der Waals surface area contributed by atoms with Crippen LogP contribution in [0.2, 0.25) is 5.02 Å². The molecule has 0 bridgehead atoms. The van der Waals surface area contributed by atoms with Crippen LogP contribution in [0.3, 0.4) is 0 Å². The fraction of sp³-hybridized carbons (Fsp3) is 0. The van der Waals surface area contributed by atoms with Crippen LogP contribution in [0.1, 0.15) is 10.4 Å². The Morgan fingerprint density at radius 3 is 2.76 bits per heavy atom. The molecule has 0 aliphatic rings. The molecular formula is C16H10ClNO2S. The molecule has 5 heteroatoms. The van der Waals surface area contributed by atoms with Gasteiger partial charge in [0, 0.05) is 21.4 Å². The second-order valence-electron chi connectivity index (χ2n) is 4.38. The minimum Gasteiger partial charge on any atom is -0.478 e. The summed E-state index contributed by atoms with van der Waals surface area (Å²) in [5, 5.41) is 10.4. The summed E-state index contributed by atoms with van der Waals surface area (Å²) in [5.74, 6) is -1.03. The van der Waals surface area contributed by atoms with Crippen LogP contribution in [0.5, 0.6) is 0 Å². The second-order valence-corrected chi connectivity index (χ2v) is 5.90. The molecule has 0 saturated carbocycles. The second kappa shape index (κ2) is 5.76. The van der Waals surface area contributed by atoms with E-state index in [0.717, 1.165) is 20.7 Å². The Labute approximate surface area is 130 Å². The summed E-state index contributed by atoms with van der Waals surface area (Å²) in [6, 6.07) is 14.8. The zero-order valence-corrected chi connectivity index (χ0v) is 12.4. The lowest BCUT2D eigenvalue weighted by Crippen LogP contribution is -1.97. The Kier molecular flexibility index (Phi) is 3.82. The van der Waals surface area contributed by atoms with Crippen molar-refractivity contribution >= 4 is 40.2 Å². The number of aromatic nitrogens is 1. The fourth-order valence-electron chi connectivity index (χ4n) is 2.02. The van der Waals surface area contributed by atoms with Crippen LogP contribution in [0.4, 0.5) is 0 Å². The van der Waals surface area contributed by atoms with Gasteiger partial charge in [-0.05, 0) is 30.3 Å². The molecule has 0 radical (unpaired) electrons. The molecule has 0 amide bonds. The number of halogens is 1. The van der Waals surface area contributed by atoms with E-state index in [1.54, 1.807) is 18.3 Å². The smallest absolute Gasteiger partial charge is 0.337 e. The number of hydrogen-bond acceptors (Lipinski definition) is 3. The topological polar surface area (TPSA) is 50.2 Å². The fourth-order valence-corrected chi connectivity index (χ4v) is 3.19. The van der Waals surface area contributed by atoms with Crippen molar-refractivity contribution in [3.8, 4) is 0 Å². The highest BCUT2D eigenvalue weighted by molar-refractivity contribution is 7.99. The average molecular weight is 316 g/mol. The van der Waals surface area contributed by atoms with E-state index in [0.29, 0.717) is 0 Å². The standard InChI is InChI=1S/C16H10ClNO2S/c17-13-6-5-10(9-12(13)16(19)20)21-15-7-8-18-14-4-2-1-3-11(14)15/h1-9H,(H,19,20). The summed E-state index contributed by atoms with van der Waals surface area (Å²) in [7, 11) is 0. The summed E-state index contributed by atoms with van der Waals surface area (Å²) in [5.41, 5.74) is 1.02. The molecule has 0 saturated heterocycles. The molecule has 3 aromatic rings. The number of para-hydroxylation sites is 1. The molecule has 104 valence electrons. The largest absolute Gasteiger partial charge is 0.478 e. The third-order valence-electron chi connectivity index (χ3n) is 3.01. The molecule has 3 nitrogen and oxygen atoms in total. The van der Waals surface area contributed by atoms with Gasteiger partial charge in [0.2, 0.25) is 0 Å². The summed E-state index contributed by atoms with van der Waals surface area (Å²) in [4.78, 5) is 17.3. The number of rotatable bonds is 3. The van der Waals surface area contributed by atoms with Crippen LogP contribution in [-0.2, 0) is 0 Å². The van der Waals surface area contributed by atoms with Crippen LogP contribution in [0.15, 0.2) is 64.5 Å². The Hall–Kier alpha value is -2.04. The zero-order valence-electron chi connectivity index (χ0n) is 10.8. The van der Waals surface area contributed by atoms with Gasteiger partial charge in [-0.2, -0.15) is 0 Å². The Morgan fingerprint density at radius 2 is 1.95 bits per heavy atom. The van der Waals surface area contributed by atoms with E-state index in [-0.39, 0.29) is 10.6 Å². The van der Waals surface area contributed by atoms with E-state index in [9.17, 15) is 4.79 Å². The number of carbonyl (C=O) groups is 1. The van der Waals surface area contributed by atoms with Crippen molar-refractivity contribution in [1.29, 1.82) is 0 Å². The molecule has 0 aliphatic heterocycles. The highest BCUT2D eigenvalue weighted by Gasteiger charge is 2.11. The van der Waals surface area contributed by atoms with E-state index in [1.807, 2.05) is 36.4 Å². The van der Waals surface area contributed by atoms with Crippen molar-refractivity contribution in [1.82, 2.24) is 4.98 Å². The lowest BCUT2D eigenvalue weighted by molar-refractivity contribution is 0.0697. The average Bonchev–Trinajstić information content (AvgIpc) is 2.49. The minimum atomic E-state index is -1.03. The predicted octanol–water partition coefficient (Wildman–Crippen LogP) is 4.74. The van der Waals surface area contributed by atoms with Gasteiger partial charge in [0.15, 0.2) is 0 Å². The van der Waals surface area contributed by atoms with Gasteiger partial charge < -0.3 is 5.11 Å². The molecular weight excluding hydrogens is 306 g/mol. The zero-order chi connectivity index (χ0) is 14.8. The van der Waals surface area contributed by atoms with Gasteiger partial charge in [0.25, 0.3) is 0 Å². The SMILES string of the molecule is O=C(O)c1cc(Sc2ccnc3ccccc23)ccc1Cl. The number of hydrogen-bond donors (Lipinski definition) is 1. The van der Waals surface area contributed by atoms with Gasteiger partial charge in [-0.1, -0.05) is 41.6 Å². The Balaban J connectivity index is 2.03. The molecule has 21 heavy (non-hydrogen) atoms. The maximum Gasteiger partial charge on any atom is 0.337 e. The van der Waals surface area contributed by atoms with E-state index < -0.39 is 5.97 Å². The molecule has 0 spiro atoms. The first-order valence-corrected chi connectivity index (χ1v) is 7.39. The van der Waals surface area contributed by atoms with Gasteiger partial charge in [-0.3, -0.25) is 4.98 Å². The quantitative estimate of drug-likeness (QED) is 0.758. The lowest BCUT2D eigenvalue weighted by atomic mass is 10.2. The van der Waals surface area contributed by atoms with E-state index >= 15 is 0 Å². The molecule has 1 N–H and O–H groups in total. The highest BCUT2D eigenvalue weighted by Crippen LogP contribution is 2.34.